The highest BCUT2D eigenvalue weighted by Gasteiger charge is 2.32. The Bertz CT molecular complexity index is 1290. The Kier molecular flexibility index (Phi) is 7.69. The summed E-state index contributed by atoms with van der Waals surface area (Å²) in [6, 6.07) is 10.2. The van der Waals surface area contributed by atoms with Crippen molar-refractivity contribution in [2.75, 3.05) is 31.1 Å². The standard InChI is InChI=1S/C26H27ClFN5O3/c1-3-18-15-32(26(35)23-21(27)13-17(28)14-31-23)10-11-33(18)22-8-7-16(12-20(22)24(29)34)19-6-5-9-30-25(19)36-4-2/h5-9,12-14,18H,3-4,10-11,15H2,1-2H3,(H2,29,34)/t18-/m1/s1. The fourth-order valence-corrected chi connectivity index (χ4v) is 4.68. The van der Waals surface area contributed by atoms with Crippen LogP contribution >= 0.6 is 11.6 Å². The zero-order chi connectivity index (χ0) is 25.8. The molecule has 1 atom stereocenters. The van der Waals surface area contributed by atoms with E-state index in [-0.39, 0.29) is 22.7 Å². The van der Waals surface area contributed by atoms with Gasteiger partial charge in [0.2, 0.25) is 5.88 Å². The molecule has 0 bridgehead atoms. The summed E-state index contributed by atoms with van der Waals surface area (Å²) in [7, 11) is 0. The SMILES string of the molecule is CCOc1ncccc1-c1ccc(N2CCN(C(=O)c3ncc(F)cc3Cl)C[C@H]2CC)c(C(N)=O)c1. The predicted octanol–water partition coefficient (Wildman–Crippen LogP) is 4.17. The number of carbonyl (C=O) groups excluding carboxylic acids is 2. The number of anilines is 1. The predicted molar refractivity (Wildman–Crippen MR) is 136 cm³/mol. The van der Waals surface area contributed by atoms with Crippen LogP contribution in [0.1, 0.15) is 41.1 Å². The minimum absolute atomic E-state index is 0.0186. The van der Waals surface area contributed by atoms with Crippen LogP contribution in [0, 0.1) is 5.82 Å². The number of nitrogens with two attached hydrogens (primary N) is 1. The van der Waals surface area contributed by atoms with Gasteiger partial charge in [-0.3, -0.25) is 9.59 Å². The van der Waals surface area contributed by atoms with Crippen molar-refractivity contribution in [2.45, 2.75) is 26.3 Å². The lowest BCUT2D eigenvalue weighted by Crippen LogP contribution is -2.55. The fraction of sp³-hybridized carbons (Fsp3) is 0.308. The number of piperazine rings is 1. The Hall–Kier alpha value is -3.72. The van der Waals surface area contributed by atoms with E-state index in [4.69, 9.17) is 22.1 Å². The summed E-state index contributed by atoms with van der Waals surface area (Å²) in [5.41, 5.74) is 8.42. The van der Waals surface area contributed by atoms with Gasteiger partial charge in [0.05, 0.1) is 23.4 Å². The molecule has 3 aromatic rings. The molecular weight excluding hydrogens is 485 g/mol. The summed E-state index contributed by atoms with van der Waals surface area (Å²) in [5, 5.41) is -0.0242. The highest BCUT2D eigenvalue weighted by molar-refractivity contribution is 6.33. The van der Waals surface area contributed by atoms with Crippen LogP contribution < -0.4 is 15.4 Å². The van der Waals surface area contributed by atoms with E-state index in [0.717, 1.165) is 23.4 Å². The molecule has 8 nitrogen and oxygen atoms in total. The number of amides is 2. The smallest absolute Gasteiger partial charge is 0.274 e. The van der Waals surface area contributed by atoms with Crippen LogP contribution in [0.15, 0.2) is 48.8 Å². The summed E-state index contributed by atoms with van der Waals surface area (Å²) >= 11 is 6.07. The van der Waals surface area contributed by atoms with Gasteiger partial charge in [0.1, 0.15) is 11.5 Å². The number of aromatic nitrogens is 2. The first-order valence-corrected chi connectivity index (χ1v) is 12.1. The average Bonchev–Trinajstić information content (AvgIpc) is 2.88. The van der Waals surface area contributed by atoms with Crippen molar-refractivity contribution >= 4 is 29.1 Å². The zero-order valence-electron chi connectivity index (χ0n) is 20.1. The maximum atomic E-state index is 13.4. The monoisotopic (exact) mass is 511 g/mol. The number of pyridine rings is 2. The summed E-state index contributed by atoms with van der Waals surface area (Å²) in [5.74, 6) is -1.03. The summed E-state index contributed by atoms with van der Waals surface area (Å²) in [6.07, 6.45) is 3.34. The first-order chi connectivity index (χ1) is 17.3. The van der Waals surface area contributed by atoms with Crippen molar-refractivity contribution in [3.05, 3.63) is 70.9 Å². The lowest BCUT2D eigenvalue weighted by molar-refractivity contribution is 0.0714. The van der Waals surface area contributed by atoms with E-state index in [2.05, 4.69) is 14.9 Å². The summed E-state index contributed by atoms with van der Waals surface area (Å²) in [4.78, 5) is 37.5. The molecule has 0 unspecified atom stereocenters. The number of nitrogens with zero attached hydrogens (tertiary/aromatic N) is 4. The van der Waals surface area contributed by atoms with Gasteiger partial charge in [0, 0.05) is 43.1 Å². The van der Waals surface area contributed by atoms with Crippen molar-refractivity contribution in [2.24, 2.45) is 5.73 Å². The van der Waals surface area contributed by atoms with Gasteiger partial charge in [-0.15, -0.1) is 0 Å². The molecule has 2 aromatic heterocycles. The number of hydrogen-bond acceptors (Lipinski definition) is 6. The van der Waals surface area contributed by atoms with Crippen molar-refractivity contribution in [1.29, 1.82) is 0 Å². The Morgan fingerprint density at radius 1 is 1.19 bits per heavy atom. The Balaban J connectivity index is 1.62. The van der Waals surface area contributed by atoms with E-state index in [9.17, 15) is 14.0 Å². The van der Waals surface area contributed by atoms with E-state index < -0.39 is 11.7 Å². The minimum Gasteiger partial charge on any atom is -0.478 e. The number of carbonyl (C=O) groups is 2. The molecule has 3 heterocycles. The lowest BCUT2D eigenvalue weighted by Gasteiger charge is -2.43. The molecule has 1 fully saturated rings. The van der Waals surface area contributed by atoms with E-state index in [1.54, 1.807) is 23.2 Å². The molecule has 4 rings (SSSR count). The van der Waals surface area contributed by atoms with Crippen molar-refractivity contribution in [3.8, 4) is 17.0 Å². The van der Waals surface area contributed by atoms with Gasteiger partial charge in [0.25, 0.3) is 11.8 Å². The third-order valence-corrected chi connectivity index (χ3v) is 6.47. The van der Waals surface area contributed by atoms with Gasteiger partial charge in [-0.2, -0.15) is 0 Å². The van der Waals surface area contributed by atoms with Gasteiger partial charge >= 0.3 is 0 Å². The topological polar surface area (TPSA) is 102 Å². The lowest BCUT2D eigenvalue weighted by atomic mass is 9.99. The molecule has 36 heavy (non-hydrogen) atoms. The van der Waals surface area contributed by atoms with Crippen LogP contribution in [0.2, 0.25) is 5.02 Å². The number of hydrogen-bond donors (Lipinski definition) is 1. The molecule has 0 spiro atoms. The molecule has 0 radical (unpaired) electrons. The maximum absolute atomic E-state index is 13.4. The first kappa shape index (κ1) is 25.4. The normalized spacial score (nSPS) is 15.6. The Labute approximate surface area is 213 Å². The zero-order valence-corrected chi connectivity index (χ0v) is 20.8. The molecule has 1 aliphatic heterocycles. The number of benzene rings is 1. The molecule has 10 heteroatoms. The van der Waals surface area contributed by atoms with Crippen molar-refractivity contribution in [1.82, 2.24) is 14.9 Å². The van der Waals surface area contributed by atoms with Crippen LogP contribution in [0.4, 0.5) is 10.1 Å². The summed E-state index contributed by atoms with van der Waals surface area (Å²) in [6.45, 7) is 5.59. The van der Waals surface area contributed by atoms with Gasteiger partial charge in [-0.25, -0.2) is 14.4 Å². The largest absolute Gasteiger partial charge is 0.478 e. The van der Waals surface area contributed by atoms with Crippen LogP contribution in [-0.4, -0.2) is 59.0 Å². The Morgan fingerprint density at radius 2 is 2.00 bits per heavy atom. The second kappa shape index (κ2) is 10.9. The van der Waals surface area contributed by atoms with Gasteiger partial charge in [0.15, 0.2) is 0 Å². The van der Waals surface area contributed by atoms with Gasteiger partial charge < -0.3 is 20.3 Å². The van der Waals surface area contributed by atoms with Gasteiger partial charge in [-0.05, 0) is 49.2 Å². The van der Waals surface area contributed by atoms with E-state index >= 15 is 0 Å². The third kappa shape index (κ3) is 5.11. The minimum atomic E-state index is -0.602. The van der Waals surface area contributed by atoms with Crippen LogP contribution in [0.5, 0.6) is 5.88 Å². The quantitative estimate of drug-likeness (QED) is 0.510. The van der Waals surface area contributed by atoms with Crippen molar-refractivity contribution < 1.29 is 18.7 Å². The number of primary amides is 1. The molecule has 0 saturated carbocycles. The summed E-state index contributed by atoms with van der Waals surface area (Å²) < 4.78 is 19.0. The van der Waals surface area contributed by atoms with E-state index in [0.29, 0.717) is 49.8 Å². The highest BCUT2D eigenvalue weighted by Crippen LogP contribution is 2.34. The number of rotatable bonds is 7. The van der Waals surface area contributed by atoms with Crippen LogP contribution in [0.25, 0.3) is 11.1 Å². The molecule has 2 N–H and O–H groups in total. The molecule has 1 aromatic carbocycles. The third-order valence-electron chi connectivity index (χ3n) is 6.19. The van der Waals surface area contributed by atoms with Crippen molar-refractivity contribution in [3.63, 3.8) is 0 Å². The molecule has 2 amide bonds. The number of ether oxygens (including phenoxy) is 1. The number of halogens is 2. The second-order valence-electron chi connectivity index (χ2n) is 8.38. The molecule has 0 aliphatic carbocycles. The maximum Gasteiger partial charge on any atom is 0.274 e. The Morgan fingerprint density at radius 3 is 2.69 bits per heavy atom. The molecule has 188 valence electrons. The van der Waals surface area contributed by atoms with E-state index in [1.165, 1.54) is 0 Å². The first-order valence-electron chi connectivity index (χ1n) is 11.7. The molecule has 1 saturated heterocycles. The highest BCUT2D eigenvalue weighted by atomic mass is 35.5. The fourth-order valence-electron chi connectivity index (χ4n) is 4.44. The second-order valence-corrected chi connectivity index (χ2v) is 8.78. The van der Waals surface area contributed by atoms with E-state index in [1.807, 2.05) is 32.0 Å². The van der Waals surface area contributed by atoms with Crippen LogP contribution in [0.3, 0.4) is 0 Å². The molecular formula is C26H27ClFN5O3. The molecule has 1 aliphatic rings. The average molecular weight is 512 g/mol. The van der Waals surface area contributed by atoms with Crippen LogP contribution in [-0.2, 0) is 0 Å². The van der Waals surface area contributed by atoms with Gasteiger partial charge in [-0.1, -0.05) is 24.6 Å².